The van der Waals surface area contributed by atoms with Gasteiger partial charge in [0.15, 0.2) is 0 Å². The van der Waals surface area contributed by atoms with Gasteiger partial charge >= 0.3 is 0 Å². The average Bonchev–Trinajstić information content (AvgIpc) is 2.37. The SMILES string of the molecule is NNC(Cc1cccc(Cl)c1)c1ccc(Cl)cc1Cl. The van der Waals surface area contributed by atoms with Gasteiger partial charge in [0.1, 0.15) is 0 Å². The van der Waals surface area contributed by atoms with Gasteiger partial charge in [-0.05, 0) is 41.8 Å². The van der Waals surface area contributed by atoms with Crippen LogP contribution in [0.2, 0.25) is 15.1 Å². The Morgan fingerprint density at radius 1 is 1.00 bits per heavy atom. The molecule has 0 saturated carbocycles. The zero-order chi connectivity index (χ0) is 13.8. The third kappa shape index (κ3) is 3.85. The maximum Gasteiger partial charge on any atom is 0.0515 e. The summed E-state index contributed by atoms with van der Waals surface area (Å²) in [6, 6.07) is 12.9. The van der Waals surface area contributed by atoms with Crippen LogP contribution in [0.5, 0.6) is 0 Å². The van der Waals surface area contributed by atoms with Crippen molar-refractivity contribution in [3.05, 3.63) is 68.7 Å². The summed E-state index contributed by atoms with van der Waals surface area (Å²) >= 11 is 18.1. The van der Waals surface area contributed by atoms with Gasteiger partial charge in [0, 0.05) is 15.1 Å². The number of hydrogen-bond donors (Lipinski definition) is 2. The molecule has 1 atom stereocenters. The van der Waals surface area contributed by atoms with Crippen molar-refractivity contribution in [2.24, 2.45) is 5.84 Å². The van der Waals surface area contributed by atoms with Crippen LogP contribution in [-0.2, 0) is 6.42 Å². The molecular weight excluding hydrogens is 303 g/mol. The van der Waals surface area contributed by atoms with Gasteiger partial charge in [-0.2, -0.15) is 0 Å². The third-order valence-electron chi connectivity index (χ3n) is 2.87. The molecular formula is C14H13Cl3N2. The molecule has 0 bridgehead atoms. The van der Waals surface area contributed by atoms with E-state index < -0.39 is 0 Å². The molecule has 0 aliphatic heterocycles. The minimum atomic E-state index is -0.0942. The van der Waals surface area contributed by atoms with Crippen LogP contribution in [0.3, 0.4) is 0 Å². The smallest absolute Gasteiger partial charge is 0.0515 e. The Labute approximate surface area is 127 Å². The van der Waals surface area contributed by atoms with E-state index in [0.29, 0.717) is 21.5 Å². The molecule has 0 aromatic heterocycles. The highest BCUT2D eigenvalue weighted by Gasteiger charge is 2.14. The van der Waals surface area contributed by atoms with E-state index in [1.54, 1.807) is 12.1 Å². The van der Waals surface area contributed by atoms with Gasteiger partial charge in [-0.1, -0.05) is 53.0 Å². The standard InChI is InChI=1S/C14H13Cl3N2/c15-10-3-1-2-9(6-10)7-14(19-18)12-5-4-11(16)8-13(12)17/h1-6,8,14,19H,7,18H2. The fraction of sp³-hybridized carbons (Fsp3) is 0.143. The summed E-state index contributed by atoms with van der Waals surface area (Å²) < 4.78 is 0. The zero-order valence-corrected chi connectivity index (χ0v) is 12.3. The first-order valence-corrected chi connectivity index (χ1v) is 6.89. The summed E-state index contributed by atoms with van der Waals surface area (Å²) in [4.78, 5) is 0. The van der Waals surface area contributed by atoms with Crippen LogP contribution >= 0.6 is 34.8 Å². The summed E-state index contributed by atoms with van der Waals surface area (Å²) in [6.07, 6.45) is 0.693. The second kappa shape index (κ2) is 6.60. The fourth-order valence-corrected chi connectivity index (χ4v) is 2.70. The van der Waals surface area contributed by atoms with Gasteiger partial charge in [0.05, 0.1) is 6.04 Å². The van der Waals surface area contributed by atoms with E-state index in [-0.39, 0.29) is 6.04 Å². The van der Waals surface area contributed by atoms with Crippen molar-refractivity contribution in [3.63, 3.8) is 0 Å². The highest BCUT2D eigenvalue weighted by atomic mass is 35.5. The van der Waals surface area contributed by atoms with Gasteiger partial charge < -0.3 is 0 Å². The highest BCUT2D eigenvalue weighted by molar-refractivity contribution is 6.35. The first-order valence-electron chi connectivity index (χ1n) is 5.75. The first-order chi connectivity index (χ1) is 9.10. The molecule has 0 fully saturated rings. The number of benzene rings is 2. The van der Waals surface area contributed by atoms with Gasteiger partial charge in [0.2, 0.25) is 0 Å². The van der Waals surface area contributed by atoms with Crippen LogP contribution < -0.4 is 11.3 Å². The molecule has 3 N–H and O–H groups in total. The molecule has 2 rings (SSSR count). The van der Waals surface area contributed by atoms with E-state index in [1.807, 2.05) is 30.3 Å². The predicted molar refractivity (Wildman–Crippen MR) is 81.7 cm³/mol. The highest BCUT2D eigenvalue weighted by Crippen LogP contribution is 2.28. The van der Waals surface area contributed by atoms with Crippen molar-refractivity contribution in [1.29, 1.82) is 0 Å². The van der Waals surface area contributed by atoms with Crippen LogP contribution in [0.4, 0.5) is 0 Å². The Bertz CT molecular complexity index is 572. The maximum atomic E-state index is 6.19. The lowest BCUT2D eigenvalue weighted by Gasteiger charge is -2.18. The second-order valence-corrected chi connectivity index (χ2v) is 5.50. The summed E-state index contributed by atoms with van der Waals surface area (Å²) in [5, 5.41) is 1.90. The number of hydrogen-bond acceptors (Lipinski definition) is 2. The molecule has 19 heavy (non-hydrogen) atoms. The first kappa shape index (κ1) is 14.6. The molecule has 0 amide bonds. The number of nitrogens with two attached hydrogens (primary N) is 1. The molecule has 100 valence electrons. The van der Waals surface area contributed by atoms with Crippen molar-refractivity contribution < 1.29 is 0 Å². The summed E-state index contributed by atoms with van der Waals surface area (Å²) in [6.45, 7) is 0. The monoisotopic (exact) mass is 314 g/mol. The molecule has 5 heteroatoms. The van der Waals surface area contributed by atoms with E-state index in [0.717, 1.165) is 11.1 Å². The van der Waals surface area contributed by atoms with Gasteiger partial charge in [0.25, 0.3) is 0 Å². The van der Waals surface area contributed by atoms with E-state index >= 15 is 0 Å². The Kier molecular flexibility index (Phi) is 5.08. The normalized spacial score (nSPS) is 12.4. The molecule has 0 aliphatic carbocycles. The van der Waals surface area contributed by atoms with Crippen LogP contribution in [0.25, 0.3) is 0 Å². The molecule has 2 aromatic carbocycles. The van der Waals surface area contributed by atoms with Crippen molar-refractivity contribution in [1.82, 2.24) is 5.43 Å². The van der Waals surface area contributed by atoms with Crippen molar-refractivity contribution in [2.75, 3.05) is 0 Å². The molecule has 2 nitrogen and oxygen atoms in total. The Hall–Kier alpha value is -0.770. The average molecular weight is 316 g/mol. The summed E-state index contributed by atoms with van der Waals surface area (Å²) in [5.41, 5.74) is 4.77. The third-order valence-corrected chi connectivity index (χ3v) is 3.67. The van der Waals surface area contributed by atoms with Gasteiger partial charge in [-0.15, -0.1) is 0 Å². The Morgan fingerprint density at radius 3 is 2.37 bits per heavy atom. The van der Waals surface area contributed by atoms with Gasteiger partial charge in [-0.25, -0.2) is 0 Å². The van der Waals surface area contributed by atoms with E-state index in [4.69, 9.17) is 40.6 Å². The molecule has 0 saturated heterocycles. The van der Waals surface area contributed by atoms with Crippen LogP contribution in [0.1, 0.15) is 17.2 Å². The van der Waals surface area contributed by atoms with Crippen LogP contribution in [0.15, 0.2) is 42.5 Å². The van der Waals surface area contributed by atoms with E-state index in [2.05, 4.69) is 5.43 Å². The Morgan fingerprint density at radius 2 is 1.74 bits per heavy atom. The summed E-state index contributed by atoms with van der Waals surface area (Å²) in [5.74, 6) is 5.62. The van der Waals surface area contributed by atoms with Crippen LogP contribution in [0, 0.1) is 0 Å². The van der Waals surface area contributed by atoms with Crippen molar-refractivity contribution >= 4 is 34.8 Å². The minimum Gasteiger partial charge on any atom is -0.271 e. The molecule has 0 spiro atoms. The molecule has 0 radical (unpaired) electrons. The lowest BCUT2D eigenvalue weighted by molar-refractivity contribution is 0.552. The molecule has 1 unspecified atom stereocenters. The number of hydrazine groups is 1. The van der Waals surface area contributed by atoms with E-state index in [9.17, 15) is 0 Å². The lowest BCUT2D eigenvalue weighted by atomic mass is 9.99. The lowest BCUT2D eigenvalue weighted by Crippen LogP contribution is -2.29. The van der Waals surface area contributed by atoms with Crippen LogP contribution in [-0.4, -0.2) is 0 Å². The quantitative estimate of drug-likeness (QED) is 0.648. The second-order valence-electron chi connectivity index (χ2n) is 4.22. The van der Waals surface area contributed by atoms with Crippen molar-refractivity contribution in [2.45, 2.75) is 12.5 Å². The number of nitrogens with one attached hydrogen (secondary N) is 1. The predicted octanol–water partition coefficient (Wildman–Crippen LogP) is 4.39. The molecule has 2 aromatic rings. The molecule has 0 aliphatic rings. The molecule has 0 heterocycles. The summed E-state index contributed by atoms with van der Waals surface area (Å²) in [7, 11) is 0. The topological polar surface area (TPSA) is 38.0 Å². The number of rotatable bonds is 4. The zero-order valence-electron chi connectivity index (χ0n) is 10.0. The van der Waals surface area contributed by atoms with E-state index in [1.165, 1.54) is 0 Å². The number of halogens is 3. The fourth-order valence-electron chi connectivity index (χ4n) is 1.94. The van der Waals surface area contributed by atoms with Gasteiger partial charge in [-0.3, -0.25) is 11.3 Å². The minimum absolute atomic E-state index is 0.0942. The Balaban J connectivity index is 2.25. The largest absolute Gasteiger partial charge is 0.271 e. The van der Waals surface area contributed by atoms with Crippen molar-refractivity contribution in [3.8, 4) is 0 Å². The maximum absolute atomic E-state index is 6.19.